The maximum atomic E-state index is 13.2. The fourth-order valence-corrected chi connectivity index (χ4v) is 3.81. The van der Waals surface area contributed by atoms with Gasteiger partial charge in [-0.3, -0.25) is 4.79 Å². The van der Waals surface area contributed by atoms with Crippen molar-refractivity contribution in [3.05, 3.63) is 23.8 Å². The number of carbonyl (C=O) groups is 1. The lowest BCUT2D eigenvalue weighted by molar-refractivity contribution is -0.920. The van der Waals surface area contributed by atoms with E-state index in [2.05, 4.69) is 12.2 Å². The van der Waals surface area contributed by atoms with Gasteiger partial charge < -0.3 is 19.9 Å². The lowest BCUT2D eigenvalue weighted by atomic mass is 10.0. The molecule has 5 nitrogen and oxygen atoms in total. The first kappa shape index (κ1) is 19.9. The monoisotopic (exact) mass is 386 g/mol. The number of piperidine rings is 1. The minimum atomic E-state index is -4.45. The standard InChI is InChI=1S/C19H26F3N3O2/c1-14-4-2-3-7-25(14)13-18(26)23-16-12-15(19(20,21)22)5-6-17(16)24-8-10-27-11-9-24/h5-6,12,14H,2-4,7-11,13H2,1H3,(H,23,26)/p+1/t14-/m0/s1. The van der Waals surface area contributed by atoms with Gasteiger partial charge in [0.25, 0.3) is 5.91 Å². The highest BCUT2D eigenvalue weighted by Gasteiger charge is 2.32. The normalized spacial score (nSPS) is 23.9. The van der Waals surface area contributed by atoms with Crippen molar-refractivity contribution >= 4 is 17.3 Å². The van der Waals surface area contributed by atoms with Crippen molar-refractivity contribution in [2.45, 2.75) is 38.4 Å². The molecule has 1 aromatic rings. The Balaban J connectivity index is 1.78. The molecule has 2 atom stereocenters. The lowest BCUT2D eigenvalue weighted by Crippen LogP contribution is -3.17. The molecule has 150 valence electrons. The Hall–Kier alpha value is -1.80. The predicted octanol–water partition coefficient (Wildman–Crippen LogP) is 1.94. The number of morpholine rings is 1. The number of nitrogens with zero attached hydrogens (tertiary/aromatic N) is 1. The van der Waals surface area contributed by atoms with Crippen LogP contribution in [0.1, 0.15) is 31.7 Å². The molecule has 8 heteroatoms. The van der Waals surface area contributed by atoms with E-state index in [1.807, 2.05) is 4.90 Å². The van der Waals surface area contributed by atoms with Crippen LogP contribution in [0, 0.1) is 0 Å². The molecule has 2 aliphatic rings. The summed E-state index contributed by atoms with van der Waals surface area (Å²) in [5.41, 5.74) is 0.0793. The number of alkyl halides is 3. The zero-order valence-corrected chi connectivity index (χ0v) is 15.6. The molecule has 0 spiro atoms. The first-order valence-corrected chi connectivity index (χ1v) is 9.53. The fraction of sp³-hybridized carbons (Fsp3) is 0.632. The van der Waals surface area contributed by atoms with Crippen molar-refractivity contribution in [1.82, 2.24) is 0 Å². The van der Waals surface area contributed by atoms with Gasteiger partial charge in [-0.2, -0.15) is 13.2 Å². The van der Waals surface area contributed by atoms with E-state index in [0.29, 0.717) is 38.0 Å². The predicted molar refractivity (Wildman–Crippen MR) is 97.1 cm³/mol. The summed E-state index contributed by atoms with van der Waals surface area (Å²) in [6.07, 6.45) is -1.13. The number of anilines is 2. The zero-order chi connectivity index (χ0) is 19.4. The molecule has 1 unspecified atom stereocenters. The summed E-state index contributed by atoms with van der Waals surface area (Å²) in [5.74, 6) is -0.243. The van der Waals surface area contributed by atoms with E-state index in [9.17, 15) is 18.0 Å². The van der Waals surface area contributed by atoms with Crippen molar-refractivity contribution in [3.8, 4) is 0 Å². The number of benzene rings is 1. The molecule has 0 aliphatic carbocycles. The van der Waals surface area contributed by atoms with Gasteiger partial charge in [0.05, 0.1) is 42.7 Å². The van der Waals surface area contributed by atoms with Crippen LogP contribution in [0.2, 0.25) is 0 Å². The quantitative estimate of drug-likeness (QED) is 0.832. The summed E-state index contributed by atoms with van der Waals surface area (Å²) in [4.78, 5) is 15.7. The van der Waals surface area contributed by atoms with E-state index in [0.717, 1.165) is 31.5 Å². The number of quaternary nitrogens is 1. The highest BCUT2D eigenvalue weighted by atomic mass is 19.4. The molecule has 27 heavy (non-hydrogen) atoms. The fourth-order valence-electron chi connectivity index (χ4n) is 3.81. The summed E-state index contributed by atoms with van der Waals surface area (Å²) in [6, 6.07) is 3.95. The smallest absolute Gasteiger partial charge is 0.378 e. The Kier molecular flexibility index (Phi) is 6.26. The van der Waals surface area contributed by atoms with Crippen LogP contribution >= 0.6 is 0 Å². The van der Waals surface area contributed by atoms with E-state index in [1.165, 1.54) is 17.4 Å². The highest BCUT2D eigenvalue weighted by Crippen LogP contribution is 2.35. The minimum absolute atomic E-state index is 0.223. The average molecular weight is 386 g/mol. The Morgan fingerprint density at radius 1 is 1.30 bits per heavy atom. The van der Waals surface area contributed by atoms with E-state index in [-0.39, 0.29) is 18.1 Å². The molecule has 0 radical (unpaired) electrons. The average Bonchev–Trinajstić information content (AvgIpc) is 2.63. The van der Waals surface area contributed by atoms with Crippen LogP contribution in [0.3, 0.4) is 0 Å². The molecule has 0 bridgehead atoms. The molecule has 0 aromatic heterocycles. The first-order chi connectivity index (χ1) is 12.8. The molecule has 2 N–H and O–H groups in total. The molecule has 2 aliphatic heterocycles. The van der Waals surface area contributed by atoms with Gasteiger partial charge in [0.1, 0.15) is 0 Å². The Labute approximate surface area is 157 Å². The number of nitrogens with one attached hydrogen (secondary N) is 2. The van der Waals surface area contributed by atoms with Gasteiger partial charge in [-0.05, 0) is 44.4 Å². The number of likely N-dealkylation sites (tertiary alicyclic amines) is 1. The van der Waals surface area contributed by atoms with Crippen LogP contribution in [0.5, 0.6) is 0 Å². The van der Waals surface area contributed by atoms with Crippen molar-refractivity contribution in [3.63, 3.8) is 0 Å². The first-order valence-electron chi connectivity index (χ1n) is 9.53. The Morgan fingerprint density at radius 2 is 2.04 bits per heavy atom. The lowest BCUT2D eigenvalue weighted by Gasteiger charge is -2.32. The molecule has 0 saturated carbocycles. The van der Waals surface area contributed by atoms with Crippen LogP contribution in [0.4, 0.5) is 24.5 Å². The molecule has 2 saturated heterocycles. The molecular formula is C19H27F3N3O2+. The number of rotatable bonds is 4. The van der Waals surface area contributed by atoms with Crippen molar-refractivity contribution < 1.29 is 27.6 Å². The maximum absolute atomic E-state index is 13.2. The second-order valence-corrected chi connectivity index (χ2v) is 7.36. The summed E-state index contributed by atoms with van der Waals surface area (Å²) in [7, 11) is 0. The van der Waals surface area contributed by atoms with Gasteiger partial charge in [-0.1, -0.05) is 0 Å². The highest BCUT2D eigenvalue weighted by molar-refractivity contribution is 5.95. The number of carbonyl (C=O) groups excluding carboxylic acids is 1. The summed E-state index contributed by atoms with van der Waals surface area (Å²) in [5, 5.41) is 2.75. The van der Waals surface area contributed by atoms with E-state index >= 15 is 0 Å². The Bertz CT molecular complexity index is 660. The minimum Gasteiger partial charge on any atom is -0.378 e. The van der Waals surface area contributed by atoms with E-state index in [1.54, 1.807) is 0 Å². The second-order valence-electron chi connectivity index (χ2n) is 7.36. The van der Waals surface area contributed by atoms with Crippen molar-refractivity contribution in [1.29, 1.82) is 0 Å². The number of amides is 1. The van der Waals surface area contributed by atoms with Gasteiger partial charge in [0.15, 0.2) is 6.54 Å². The molecule has 1 aromatic carbocycles. The van der Waals surface area contributed by atoms with Crippen LogP contribution in [0.25, 0.3) is 0 Å². The number of hydrogen-bond acceptors (Lipinski definition) is 3. The van der Waals surface area contributed by atoms with Crippen LogP contribution in [0.15, 0.2) is 18.2 Å². The zero-order valence-electron chi connectivity index (χ0n) is 15.6. The van der Waals surface area contributed by atoms with Crippen LogP contribution in [-0.4, -0.2) is 51.3 Å². The largest absolute Gasteiger partial charge is 0.416 e. The SMILES string of the molecule is C[C@H]1CCCC[NH+]1CC(=O)Nc1cc(C(F)(F)F)ccc1N1CCOCC1. The number of hydrogen-bond donors (Lipinski definition) is 2. The molecular weight excluding hydrogens is 359 g/mol. The van der Waals surface area contributed by atoms with Crippen LogP contribution in [-0.2, 0) is 15.7 Å². The van der Waals surface area contributed by atoms with Gasteiger partial charge in [0, 0.05) is 13.1 Å². The molecule has 3 rings (SSSR count). The van der Waals surface area contributed by atoms with Crippen molar-refractivity contribution in [2.24, 2.45) is 0 Å². The third kappa shape index (κ3) is 5.13. The number of halogens is 3. The van der Waals surface area contributed by atoms with Gasteiger partial charge in [-0.15, -0.1) is 0 Å². The summed E-state index contributed by atoms with van der Waals surface area (Å²) in [6.45, 7) is 5.53. The molecule has 1 amide bonds. The summed E-state index contributed by atoms with van der Waals surface area (Å²) >= 11 is 0. The number of ether oxygens (including phenoxy) is 1. The third-order valence-corrected chi connectivity index (χ3v) is 5.42. The third-order valence-electron chi connectivity index (χ3n) is 5.42. The van der Waals surface area contributed by atoms with Gasteiger partial charge in [-0.25, -0.2) is 0 Å². The maximum Gasteiger partial charge on any atom is 0.416 e. The second kappa shape index (κ2) is 8.48. The van der Waals surface area contributed by atoms with Gasteiger partial charge >= 0.3 is 6.18 Å². The molecule has 2 fully saturated rings. The molecule has 2 heterocycles. The Morgan fingerprint density at radius 3 is 2.70 bits per heavy atom. The van der Waals surface area contributed by atoms with E-state index in [4.69, 9.17) is 4.74 Å². The van der Waals surface area contributed by atoms with Crippen LogP contribution < -0.4 is 15.1 Å². The topological polar surface area (TPSA) is 46.0 Å². The van der Waals surface area contributed by atoms with Crippen molar-refractivity contribution in [2.75, 3.05) is 49.6 Å². The van der Waals surface area contributed by atoms with Gasteiger partial charge in [0.2, 0.25) is 0 Å². The van der Waals surface area contributed by atoms with E-state index < -0.39 is 11.7 Å². The summed E-state index contributed by atoms with van der Waals surface area (Å²) < 4.78 is 44.8.